The van der Waals surface area contributed by atoms with Gasteiger partial charge in [-0.3, -0.25) is 14.7 Å². The molecule has 0 spiro atoms. The number of hydrogen-bond acceptors (Lipinski definition) is 5. The molecule has 1 saturated heterocycles. The predicted octanol–water partition coefficient (Wildman–Crippen LogP) is 3.77. The van der Waals surface area contributed by atoms with Crippen molar-refractivity contribution in [3.8, 4) is 0 Å². The lowest BCUT2D eigenvalue weighted by Gasteiger charge is -2.22. The second kappa shape index (κ2) is 8.95. The lowest BCUT2D eigenvalue weighted by atomic mass is 10.1. The third-order valence-corrected chi connectivity index (χ3v) is 4.84. The number of carbonyl (C=O) groups excluding carboxylic acids is 2. The van der Waals surface area contributed by atoms with Crippen LogP contribution in [0.15, 0.2) is 30.7 Å². The molecule has 0 radical (unpaired) electrons. The van der Waals surface area contributed by atoms with E-state index in [1.54, 1.807) is 0 Å². The molecule has 0 unspecified atom stereocenters. The van der Waals surface area contributed by atoms with Crippen LogP contribution in [0, 0.1) is 0 Å². The highest BCUT2D eigenvalue weighted by Gasteiger charge is 2.39. The van der Waals surface area contributed by atoms with E-state index < -0.39 is 23.6 Å². The maximum Gasteiger partial charge on any atom is 0.416 e. The summed E-state index contributed by atoms with van der Waals surface area (Å²) in [5.74, 6) is -0.227. The number of hydrogen-bond donors (Lipinski definition) is 0. The van der Waals surface area contributed by atoms with Gasteiger partial charge in [-0.15, -0.1) is 0 Å². The zero-order valence-corrected chi connectivity index (χ0v) is 16.8. The number of anilines is 1. The topological polar surface area (TPSA) is 79.3 Å². The Morgan fingerprint density at radius 1 is 1.27 bits per heavy atom. The first-order valence-corrected chi connectivity index (χ1v) is 9.66. The molecule has 2 aromatic rings. The fraction of sp³-hybridized carbons (Fsp3) is 0.421. The van der Waals surface area contributed by atoms with Crippen LogP contribution in [-0.2, 0) is 17.4 Å². The number of pyridine rings is 1. The van der Waals surface area contributed by atoms with E-state index >= 15 is 0 Å². The molecule has 1 fully saturated rings. The van der Waals surface area contributed by atoms with E-state index in [1.807, 2.05) is 6.92 Å². The van der Waals surface area contributed by atoms with Gasteiger partial charge < -0.3 is 4.90 Å². The molecule has 2 aromatic heterocycles. The molecule has 11 heteroatoms. The number of nitrogens with zero attached hydrogens (tertiary/aromatic N) is 5. The Hall–Kier alpha value is -2.75. The van der Waals surface area contributed by atoms with Gasteiger partial charge >= 0.3 is 12.2 Å². The third kappa shape index (κ3) is 5.05. The zero-order valence-electron chi connectivity index (χ0n) is 16.1. The highest BCUT2D eigenvalue weighted by atomic mass is 35.5. The van der Waals surface area contributed by atoms with Crippen molar-refractivity contribution in [2.75, 3.05) is 18.0 Å². The van der Waals surface area contributed by atoms with Crippen LogP contribution in [0.5, 0.6) is 0 Å². The van der Waals surface area contributed by atoms with Gasteiger partial charge in [-0.1, -0.05) is 24.9 Å². The molecule has 0 aromatic carbocycles. The van der Waals surface area contributed by atoms with Gasteiger partial charge in [0.15, 0.2) is 5.78 Å². The van der Waals surface area contributed by atoms with Gasteiger partial charge in [-0.25, -0.2) is 14.8 Å². The summed E-state index contributed by atoms with van der Waals surface area (Å²) in [6.45, 7) is 2.04. The molecule has 0 saturated carbocycles. The molecule has 3 heterocycles. The van der Waals surface area contributed by atoms with Crippen LogP contribution in [0.3, 0.4) is 0 Å². The number of aromatic nitrogens is 3. The number of halogens is 4. The number of alkyl halides is 3. The van der Waals surface area contributed by atoms with Crippen LogP contribution >= 0.6 is 11.6 Å². The second-order valence-corrected chi connectivity index (χ2v) is 7.35. The molecule has 1 aliphatic rings. The number of urea groups is 1. The Morgan fingerprint density at radius 3 is 2.60 bits per heavy atom. The Bertz CT molecular complexity index is 923. The minimum atomic E-state index is -4.52. The molecular weight excluding hydrogens is 423 g/mol. The molecule has 1 aliphatic heterocycles. The summed E-state index contributed by atoms with van der Waals surface area (Å²) >= 11 is 5.79. The van der Waals surface area contributed by atoms with E-state index in [1.165, 1.54) is 22.2 Å². The molecule has 3 rings (SSSR count). The van der Waals surface area contributed by atoms with Crippen molar-refractivity contribution in [1.82, 2.24) is 19.9 Å². The van der Waals surface area contributed by atoms with Crippen LogP contribution in [0.25, 0.3) is 0 Å². The lowest BCUT2D eigenvalue weighted by Crippen LogP contribution is -2.39. The lowest BCUT2D eigenvalue weighted by molar-refractivity contribution is -0.137. The summed E-state index contributed by atoms with van der Waals surface area (Å²) in [6, 6.07) is 1.03. The zero-order chi connectivity index (χ0) is 21.9. The van der Waals surface area contributed by atoms with Crippen molar-refractivity contribution in [2.24, 2.45) is 0 Å². The van der Waals surface area contributed by atoms with Crippen molar-refractivity contribution in [1.29, 1.82) is 0 Å². The monoisotopic (exact) mass is 441 g/mol. The first kappa shape index (κ1) is 21.9. The Balaban J connectivity index is 1.72. The first-order chi connectivity index (χ1) is 14.2. The Labute approximate surface area is 175 Å². The number of ketones is 1. The van der Waals surface area contributed by atoms with Crippen molar-refractivity contribution >= 4 is 29.4 Å². The minimum Gasteiger partial charge on any atom is -0.312 e. The van der Waals surface area contributed by atoms with E-state index in [4.69, 9.17) is 11.6 Å². The summed E-state index contributed by atoms with van der Waals surface area (Å²) in [6.07, 6.45) is 0.392. The van der Waals surface area contributed by atoms with E-state index in [9.17, 15) is 22.8 Å². The normalized spacial score (nSPS) is 17.0. The SMILES string of the molecule is CCC[C@H]1CN(c2ncc(Cl)cn2)C(=O)N1CC(=O)Cc1cc(C(F)(F)F)ccn1. The van der Waals surface area contributed by atoms with Crippen LogP contribution < -0.4 is 4.90 Å². The van der Waals surface area contributed by atoms with E-state index in [0.717, 1.165) is 24.8 Å². The highest BCUT2D eigenvalue weighted by Crippen LogP contribution is 2.29. The molecule has 160 valence electrons. The molecule has 0 N–H and O–H groups in total. The smallest absolute Gasteiger partial charge is 0.312 e. The van der Waals surface area contributed by atoms with Gasteiger partial charge in [0.1, 0.15) is 0 Å². The quantitative estimate of drug-likeness (QED) is 0.653. The third-order valence-electron chi connectivity index (χ3n) is 4.65. The van der Waals surface area contributed by atoms with Crippen LogP contribution in [0.4, 0.5) is 23.9 Å². The van der Waals surface area contributed by atoms with E-state index in [2.05, 4.69) is 15.0 Å². The molecule has 7 nitrogen and oxygen atoms in total. The molecular formula is C19H19ClF3N5O2. The summed E-state index contributed by atoms with van der Waals surface area (Å²) in [7, 11) is 0. The predicted molar refractivity (Wildman–Crippen MR) is 103 cm³/mol. The number of carbonyl (C=O) groups is 2. The fourth-order valence-corrected chi connectivity index (χ4v) is 3.38. The molecule has 0 bridgehead atoms. The van der Waals surface area contributed by atoms with Crippen molar-refractivity contribution in [2.45, 2.75) is 38.4 Å². The van der Waals surface area contributed by atoms with Crippen molar-refractivity contribution < 1.29 is 22.8 Å². The fourth-order valence-electron chi connectivity index (χ4n) is 3.29. The van der Waals surface area contributed by atoms with Crippen LogP contribution in [-0.4, -0.2) is 50.8 Å². The molecule has 2 amide bonds. The largest absolute Gasteiger partial charge is 0.416 e. The van der Waals surface area contributed by atoms with E-state index in [-0.39, 0.29) is 30.6 Å². The van der Waals surface area contributed by atoms with Crippen molar-refractivity contribution in [3.05, 3.63) is 47.0 Å². The maximum absolute atomic E-state index is 12.9. The van der Waals surface area contributed by atoms with Crippen LogP contribution in [0.2, 0.25) is 5.02 Å². The molecule has 0 aliphatic carbocycles. The van der Waals surface area contributed by atoms with Crippen LogP contribution in [0.1, 0.15) is 31.0 Å². The average molecular weight is 442 g/mol. The minimum absolute atomic E-state index is 0.00593. The average Bonchev–Trinajstić information content (AvgIpc) is 2.98. The van der Waals surface area contributed by atoms with E-state index in [0.29, 0.717) is 18.0 Å². The number of rotatable bonds is 7. The van der Waals surface area contributed by atoms with Gasteiger partial charge in [0, 0.05) is 11.9 Å². The standard InChI is InChI=1S/C19H19ClF3N5O2/c1-2-3-15-10-28(17-25-8-13(20)9-26-17)18(30)27(15)11-16(29)7-14-6-12(4-5-24-14)19(21,22)23/h4-6,8-9,15H,2-3,7,10-11H2,1H3/t15-/m0/s1. The number of amides is 2. The maximum atomic E-state index is 12.9. The summed E-state index contributed by atoms with van der Waals surface area (Å²) in [5, 5.41) is 0.330. The molecule has 30 heavy (non-hydrogen) atoms. The molecule has 1 atom stereocenters. The van der Waals surface area contributed by atoms with Gasteiger partial charge in [-0.2, -0.15) is 13.2 Å². The van der Waals surface area contributed by atoms with Gasteiger partial charge in [0.2, 0.25) is 5.95 Å². The van der Waals surface area contributed by atoms with Gasteiger partial charge in [-0.05, 0) is 18.6 Å². The summed E-state index contributed by atoms with van der Waals surface area (Å²) in [4.78, 5) is 40.1. The Kier molecular flexibility index (Phi) is 6.55. The first-order valence-electron chi connectivity index (χ1n) is 9.28. The highest BCUT2D eigenvalue weighted by molar-refractivity contribution is 6.30. The van der Waals surface area contributed by atoms with Gasteiger partial charge in [0.25, 0.3) is 0 Å². The summed E-state index contributed by atoms with van der Waals surface area (Å²) < 4.78 is 38.6. The van der Waals surface area contributed by atoms with Crippen molar-refractivity contribution in [3.63, 3.8) is 0 Å². The number of Topliss-reactive ketones (excluding diaryl/α,β-unsaturated/α-hetero) is 1. The Morgan fingerprint density at radius 2 is 1.97 bits per heavy atom. The second-order valence-electron chi connectivity index (χ2n) is 6.91. The summed E-state index contributed by atoms with van der Waals surface area (Å²) in [5.41, 5.74) is -0.862. The van der Waals surface area contributed by atoms with Gasteiger partial charge in [0.05, 0.1) is 48.5 Å².